The molecule has 180 valence electrons. The topological polar surface area (TPSA) is 95.9 Å². The Morgan fingerprint density at radius 3 is 2.18 bits per heavy atom. The Balaban J connectivity index is 1.47. The van der Waals surface area contributed by atoms with E-state index in [0.29, 0.717) is 13.0 Å². The van der Waals surface area contributed by atoms with Gasteiger partial charge < -0.3 is 20.1 Å². The second-order valence-corrected chi connectivity index (χ2v) is 10.2. The van der Waals surface area contributed by atoms with Gasteiger partial charge in [-0.2, -0.15) is 0 Å². The number of likely N-dealkylation sites (tertiary alicyclic amines) is 1. The monoisotopic (exact) mass is 464 g/mol. The third-order valence-corrected chi connectivity index (χ3v) is 6.79. The molecular weight excluding hydrogens is 432 g/mol. The van der Waals surface area contributed by atoms with Crippen molar-refractivity contribution in [2.75, 3.05) is 13.2 Å². The molecule has 2 atom stereocenters. The molecule has 2 N–H and O–H groups in total. The van der Waals surface area contributed by atoms with Crippen LogP contribution in [-0.2, 0) is 14.3 Å². The highest BCUT2D eigenvalue weighted by Gasteiger charge is 2.41. The first-order valence-electron chi connectivity index (χ1n) is 11.8. The van der Waals surface area contributed by atoms with Crippen LogP contribution in [-0.4, -0.2) is 53.2 Å². The molecule has 2 aliphatic rings. The first-order chi connectivity index (χ1) is 16.2. The molecule has 1 saturated heterocycles. The van der Waals surface area contributed by atoms with Gasteiger partial charge >= 0.3 is 12.1 Å². The number of aliphatic carboxylic acids is 1. The van der Waals surface area contributed by atoms with E-state index < -0.39 is 29.6 Å². The van der Waals surface area contributed by atoms with Gasteiger partial charge in [0.15, 0.2) is 0 Å². The standard InChI is InChI=1S/C27H32N2O5/c1-27(2,3)23(24(30)29-15-9-8-14-22(29)25(31)32)28-26(33)34-16-21-19-12-6-4-10-17(19)18-11-5-7-13-20(18)21/h4-7,10-13,21-23H,8-9,14-16H2,1-3H3,(H,28,33)(H,31,32)/t22?,23-/m0/s1. The van der Waals surface area contributed by atoms with Crippen LogP contribution in [0.2, 0.25) is 0 Å². The zero-order valence-electron chi connectivity index (χ0n) is 19.9. The van der Waals surface area contributed by atoms with Gasteiger partial charge in [0.1, 0.15) is 18.7 Å². The summed E-state index contributed by atoms with van der Waals surface area (Å²) >= 11 is 0. The number of amides is 2. The number of nitrogens with one attached hydrogen (secondary N) is 1. The lowest BCUT2D eigenvalue weighted by Crippen LogP contribution is -2.59. The number of ether oxygens (including phenoxy) is 1. The van der Waals surface area contributed by atoms with Gasteiger partial charge in [0.2, 0.25) is 5.91 Å². The molecule has 34 heavy (non-hydrogen) atoms. The van der Waals surface area contributed by atoms with Crippen LogP contribution in [0.4, 0.5) is 4.79 Å². The molecule has 1 heterocycles. The number of benzene rings is 2. The van der Waals surface area contributed by atoms with E-state index in [0.717, 1.165) is 35.1 Å². The van der Waals surface area contributed by atoms with E-state index in [9.17, 15) is 19.5 Å². The third kappa shape index (κ3) is 4.65. The summed E-state index contributed by atoms with van der Waals surface area (Å²) in [5.74, 6) is -1.48. The third-order valence-electron chi connectivity index (χ3n) is 6.79. The number of carbonyl (C=O) groups is 3. The molecule has 0 saturated carbocycles. The molecule has 7 nitrogen and oxygen atoms in total. The number of carboxylic acids is 1. The van der Waals surface area contributed by atoms with Crippen LogP contribution in [0.1, 0.15) is 57.1 Å². The molecule has 0 aromatic heterocycles. The van der Waals surface area contributed by atoms with Crippen molar-refractivity contribution in [2.24, 2.45) is 5.41 Å². The Kier molecular flexibility index (Phi) is 6.64. The van der Waals surface area contributed by atoms with Crippen LogP contribution < -0.4 is 5.32 Å². The summed E-state index contributed by atoms with van der Waals surface area (Å²) < 4.78 is 5.64. The van der Waals surface area contributed by atoms with Gasteiger partial charge in [-0.3, -0.25) is 4.79 Å². The van der Waals surface area contributed by atoms with Gasteiger partial charge in [-0.15, -0.1) is 0 Å². The van der Waals surface area contributed by atoms with Gasteiger partial charge in [0.25, 0.3) is 0 Å². The fourth-order valence-electron chi connectivity index (χ4n) is 5.02. The van der Waals surface area contributed by atoms with Crippen molar-refractivity contribution in [3.05, 3.63) is 59.7 Å². The summed E-state index contributed by atoms with van der Waals surface area (Å²) in [5.41, 5.74) is 3.87. The quantitative estimate of drug-likeness (QED) is 0.684. The zero-order valence-corrected chi connectivity index (χ0v) is 19.9. The number of rotatable bonds is 5. The van der Waals surface area contributed by atoms with Gasteiger partial charge in [0.05, 0.1) is 0 Å². The Bertz CT molecular complexity index is 1040. The van der Waals surface area contributed by atoms with Crippen molar-refractivity contribution in [3.63, 3.8) is 0 Å². The van der Waals surface area contributed by atoms with Crippen LogP contribution in [0.25, 0.3) is 11.1 Å². The van der Waals surface area contributed by atoms with Crippen LogP contribution in [0.5, 0.6) is 0 Å². The van der Waals surface area contributed by atoms with Gasteiger partial charge in [-0.25, -0.2) is 9.59 Å². The fourth-order valence-corrected chi connectivity index (χ4v) is 5.02. The summed E-state index contributed by atoms with van der Waals surface area (Å²) in [4.78, 5) is 39.3. The lowest BCUT2D eigenvalue weighted by molar-refractivity contribution is -0.154. The molecule has 1 unspecified atom stereocenters. The average Bonchev–Trinajstić information content (AvgIpc) is 3.14. The SMILES string of the molecule is CC(C)(C)[C@@H](NC(=O)OCC1c2ccccc2-c2ccccc21)C(=O)N1CCCCC1C(=O)O. The van der Waals surface area contributed by atoms with E-state index in [1.807, 2.05) is 57.2 Å². The van der Waals surface area contributed by atoms with Crippen molar-refractivity contribution in [1.82, 2.24) is 10.2 Å². The molecule has 1 fully saturated rings. The molecule has 1 aliphatic carbocycles. The van der Waals surface area contributed by atoms with E-state index in [1.165, 1.54) is 4.90 Å². The van der Waals surface area contributed by atoms with Crippen LogP contribution in [0.15, 0.2) is 48.5 Å². The highest BCUT2D eigenvalue weighted by atomic mass is 16.5. The lowest BCUT2D eigenvalue weighted by Gasteiger charge is -2.39. The molecule has 0 bridgehead atoms. The van der Waals surface area contributed by atoms with Crippen LogP contribution >= 0.6 is 0 Å². The Morgan fingerprint density at radius 1 is 1.03 bits per heavy atom. The number of hydrogen-bond acceptors (Lipinski definition) is 4. The molecule has 0 spiro atoms. The molecule has 7 heteroatoms. The summed E-state index contributed by atoms with van der Waals surface area (Å²) in [6.45, 7) is 6.05. The second kappa shape index (κ2) is 9.49. The second-order valence-electron chi connectivity index (χ2n) is 10.2. The number of carbonyl (C=O) groups excluding carboxylic acids is 2. The molecule has 0 radical (unpaired) electrons. The minimum Gasteiger partial charge on any atom is -0.480 e. The summed E-state index contributed by atoms with van der Waals surface area (Å²) in [5, 5.41) is 12.3. The molecule has 1 aliphatic heterocycles. The Morgan fingerprint density at radius 2 is 1.62 bits per heavy atom. The van der Waals surface area contributed by atoms with E-state index in [4.69, 9.17) is 4.74 Å². The average molecular weight is 465 g/mol. The molecule has 4 rings (SSSR count). The smallest absolute Gasteiger partial charge is 0.407 e. The zero-order chi connectivity index (χ0) is 24.5. The minimum absolute atomic E-state index is 0.0829. The van der Waals surface area contributed by atoms with E-state index >= 15 is 0 Å². The van der Waals surface area contributed by atoms with Crippen molar-refractivity contribution < 1.29 is 24.2 Å². The minimum atomic E-state index is -1.01. The first-order valence-corrected chi connectivity index (χ1v) is 11.8. The Labute approximate surface area is 200 Å². The fraction of sp³-hybridized carbons (Fsp3) is 0.444. The van der Waals surface area contributed by atoms with E-state index in [2.05, 4.69) is 17.4 Å². The lowest BCUT2D eigenvalue weighted by atomic mass is 9.85. The van der Waals surface area contributed by atoms with E-state index in [1.54, 1.807) is 0 Å². The largest absolute Gasteiger partial charge is 0.480 e. The maximum Gasteiger partial charge on any atom is 0.407 e. The van der Waals surface area contributed by atoms with E-state index in [-0.39, 0.29) is 18.4 Å². The number of nitrogens with zero attached hydrogens (tertiary/aromatic N) is 1. The van der Waals surface area contributed by atoms with Crippen LogP contribution in [0.3, 0.4) is 0 Å². The molecular formula is C27H32N2O5. The van der Waals surface area contributed by atoms with Gasteiger partial charge in [0, 0.05) is 12.5 Å². The highest BCUT2D eigenvalue weighted by Crippen LogP contribution is 2.44. The molecule has 2 aromatic carbocycles. The highest BCUT2D eigenvalue weighted by molar-refractivity contribution is 5.90. The molecule has 2 amide bonds. The van der Waals surface area contributed by atoms with Crippen LogP contribution in [0, 0.1) is 5.41 Å². The summed E-state index contributed by atoms with van der Waals surface area (Å²) in [6, 6.07) is 14.4. The predicted molar refractivity (Wildman–Crippen MR) is 128 cm³/mol. The van der Waals surface area contributed by atoms with Gasteiger partial charge in [-0.1, -0.05) is 69.3 Å². The number of hydrogen-bond donors (Lipinski definition) is 2. The van der Waals surface area contributed by atoms with Crippen molar-refractivity contribution in [2.45, 2.75) is 58.0 Å². The number of carboxylic acid groups (broad SMARTS) is 1. The van der Waals surface area contributed by atoms with Crippen molar-refractivity contribution in [3.8, 4) is 11.1 Å². The maximum atomic E-state index is 13.4. The summed E-state index contributed by atoms with van der Waals surface area (Å²) in [7, 11) is 0. The van der Waals surface area contributed by atoms with Crippen molar-refractivity contribution in [1.29, 1.82) is 0 Å². The predicted octanol–water partition coefficient (Wildman–Crippen LogP) is 4.41. The number of alkyl carbamates (subject to hydrolysis) is 1. The Hall–Kier alpha value is -3.35. The number of fused-ring (bicyclic) bond motifs is 3. The van der Waals surface area contributed by atoms with Gasteiger partial charge in [-0.05, 0) is 46.9 Å². The molecule has 2 aromatic rings. The van der Waals surface area contributed by atoms with Crippen molar-refractivity contribution >= 4 is 18.0 Å². The normalized spacial score (nSPS) is 18.6. The first kappa shape index (κ1) is 23.8. The summed E-state index contributed by atoms with van der Waals surface area (Å²) in [6.07, 6.45) is 1.25. The number of piperidine rings is 1. The maximum absolute atomic E-state index is 13.4.